The highest BCUT2D eigenvalue weighted by molar-refractivity contribution is 5.89. The molecular weight excluding hydrogens is 320 g/mol. The van der Waals surface area contributed by atoms with Gasteiger partial charge in [-0.2, -0.15) is 0 Å². The molecule has 6 heteroatoms. The standard InChI is InChI=1S/C19H20N2O4/c1-24-17-5-3-4-14(12-17)10-11-20-19(23)21-13-15-6-8-16(9-7-15)18(22)25-2/h3-12H,13H2,1-2H3,(H2,20,21,23)/b11-10+. The lowest BCUT2D eigenvalue weighted by Crippen LogP contribution is -2.31. The van der Waals surface area contributed by atoms with Gasteiger partial charge in [0.2, 0.25) is 0 Å². The van der Waals surface area contributed by atoms with E-state index in [0.717, 1.165) is 16.9 Å². The van der Waals surface area contributed by atoms with Crippen molar-refractivity contribution in [1.29, 1.82) is 0 Å². The Morgan fingerprint density at radius 2 is 1.84 bits per heavy atom. The Labute approximate surface area is 146 Å². The van der Waals surface area contributed by atoms with Gasteiger partial charge in [0.1, 0.15) is 5.75 Å². The van der Waals surface area contributed by atoms with E-state index in [1.165, 1.54) is 7.11 Å². The van der Waals surface area contributed by atoms with E-state index in [2.05, 4.69) is 15.4 Å². The van der Waals surface area contributed by atoms with Crippen LogP contribution in [0.3, 0.4) is 0 Å². The van der Waals surface area contributed by atoms with Crippen LogP contribution in [-0.2, 0) is 11.3 Å². The third kappa shape index (κ3) is 5.69. The topological polar surface area (TPSA) is 76.7 Å². The first kappa shape index (κ1) is 18.1. The summed E-state index contributed by atoms with van der Waals surface area (Å²) in [6, 6.07) is 14.0. The monoisotopic (exact) mass is 340 g/mol. The lowest BCUT2D eigenvalue weighted by Gasteiger charge is -2.06. The number of carbonyl (C=O) groups excluding carboxylic acids is 2. The average molecular weight is 340 g/mol. The number of hydrogen-bond donors (Lipinski definition) is 2. The maximum absolute atomic E-state index is 11.8. The largest absolute Gasteiger partial charge is 0.497 e. The molecule has 0 aromatic heterocycles. The van der Waals surface area contributed by atoms with Crippen LogP contribution in [0.1, 0.15) is 21.5 Å². The normalized spacial score (nSPS) is 10.3. The predicted molar refractivity (Wildman–Crippen MR) is 95.2 cm³/mol. The molecule has 0 atom stereocenters. The second kappa shape index (κ2) is 9.12. The zero-order valence-electron chi connectivity index (χ0n) is 14.1. The average Bonchev–Trinajstić information content (AvgIpc) is 2.66. The summed E-state index contributed by atoms with van der Waals surface area (Å²) < 4.78 is 9.77. The number of rotatable bonds is 6. The highest BCUT2D eigenvalue weighted by Gasteiger charge is 2.04. The highest BCUT2D eigenvalue weighted by Crippen LogP contribution is 2.13. The number of carbonyl (C=O) groups is 2. The fourth-order valence-electron chi connectivity index (χ4n) is 2.07. The van der Waals surface area contributed by atoms with Crippen LogP contribution in [0.4, 0.5) is 4.79 Å². The highest BCUT2D eigenvalue weighted by atomic mass is 16.5. The Bertz CT molecular complexity index is 754. The third-order valence-electron chi connectivity index (χ3n) is 3.41. The second-order valence-electron chi connectivity index (χ2n) is 5.13. The lowest BCUT2D eigenvalue weighted by atomic mass is 10.1. The van der Waals surface area contributed by atoms with Crippen molar-refractivity contribution in [3.05, 3.63) is 71.4 Å². The Kier molecular flexibility index (Phi) is 6.59. The number of methoxy groups -OCH3 is 2. The minimum atomic E-state index is -0.389. The minimum Gasteiger partial charge on any atom is -0.497 e. The molecule has 25 heavy (non-hydrogen) atoms. The van der Waals surface area contributed by atoms with Crippen molar-refractivity contribution in [3.63, 3.8) is 0 Å². The molecule has 0 bridgehead atoms. The van der Waals surface area contributed by atoms with Gasteiger partial charge in [-0.1, -0.05) is 24.3 Å². The quantitative estimate of drug-likeness (QED) is 0.793. The van der Waals surface area contributed by atoms with Crippen LogP contribution in [0.25, 0.3) is 6.08 Å². The fourth-order valence-corrected chi connectivity index (χ4v) is 2.07. The van der Waals surface area contributed by atoms with E-state index in [-0.39, 0.29) is 12.0 Å². The van der Waals surface area contributed by atoms with Crippen LogP contribution >= 0.6 is 0 Å². The molecule has 130 valence electrons. The first-order valence-electron chi connectivity index (χ1n) is 7.64. The van der Waals surface area contributed by atoms with Crippen molar-refractivity contribution in [2.45, 2.75) is 6.54 Å². The third-order valence-corrected chi connectivity index (χ3v) is 3.41. The summed E-state index contributed by atoms with van der Waals surface area (Å²) in [7, 11) is 2.94. The van der Waals surface area contributed by atoms with Gasteiger partial charge in [-0.25, -0.2) is 9.59 Å². The maximum Gasteiger partial charge on any atom is 0.337 e. The Morgan fingerprint density at radius 3 is 2.52 bits per heavy atom. The van der Waals surface area contributed by atoms with E-state index < -0.39 is 0 Å². The zero-order valence-corrected chi connectivity index (χ0v) is 14.1. The lowest BCUT2D eigenvalue weighted by molar-refractivity contribution is 0.0600. The first-order chi connectivity index (χ1) is 12.1. The molecule has 0 aliphatic heterocycles. The van der Waals surface area contributed by atoms with Gasteiger partial charge in [0.25, 0.3) is 0 Å². The number of benzene rings is 2. The predicted octanol–water partition coefficient (Wildman–Crippen LogP) is 2.95. The van der Waals surface area contributed by atoms with E-state index in [1.54, 1.807) is 43.7 Å². The summed E-state index contributed by atoms with van der Waals surface area (Å²) in [6.07, 6.45) is 3.33. The first-order valence-corrected chi connectivity index (χ1v) is 7.64. The van der Waals surface area contributed by atoms with Gasteiger partial charge < -0.3 is 20.1 Å². The summed E-state index contributed by atoms with van der Waals surface area (Å²) in [5, 5.41) is 5.36. The van der Waals surface area contributed by atoms with Crippen molar-refractivity contribution in [2.75, 3.05) is 14.2 Å². The van der Waals surface area contributed by atoms with E-state index >= 15 is 0 Å². The summed E-state index contributed by atoms with van der Waals surface area (Å²) in [4.78, 5) is 23.1. The number of esters is 1. The molecule has 0 aliphatic rings. The van der Waals surface area contributed by atoms with Crippen LogP contribution in [0, 0.1) is 0 Å². The summed E-state index contributed by atoms with van der Waals surface area (Å²) in [5.41, 5.74) is 2.26. The molecule has 0 aliphatic carbocycles. The maximum atomic E-state index is 11.8. The molecule has 2 aromatic rings. The van der Waals surface area contributed by atoms with Gasteiger partial charge in [0.05, 0.1) is 19.8 Å². The van der Waals surface area contributed by atoms with Crippen LogP contribution in [0.5, 0.6) is 5.75 Å². The molecular formula is C19H20N2O4. The van der Waals surface area contributed by atoms with Crippen LogP contribution in [0.2, 0.25) is 0 Å². The number of urea groups is 1. The minimum absolute atomic E-state index is 0.323. The van der Waals surface area contributed by atoms with Crippen molar-refractivity contribution < 1.29 is 19.1 Å². The van der Waals surface area contributed by atoms with Gasteiger partial charge >= 0.3 is 12.0 Å². The smallest absolute Gasteiger partial charge is 0.337 e. The molecule has 0 saturated carbocycles. The SMILES string of the molecule is COC(=O)c1ccc(CNC(=O)N/C=C/c2cccc(OC)c2)cc1. The van der Waals surface area contributed by atoms with Gasteiger partial charge in [0.15, 0.2) is 0 Å². The van der Waals surface area contributed by atoms with E-state index in [4.69, 9.17) is 4.74 Å². The molecule has 2 N–H and O–H groups in total. The van der Waals surface area contributed by atoms with Gasteiger partial charge in [0, 0.05) is 12.7 Å². The molecule has 0 spiro atoms. The summed E-state index contributed by atoms with van der Waals surface area (Å²) >= 11 is 0. The summed E-state index contributed by atoms with van der Waals surface area (Å²) in [5.74, 6) is 0.363. The van der Waals surface area contributed by atoms with Crippen molar-refractivity contribution >= 4 is 18.1 Å². The Hall–Kier alpha value is -3.28. The van der Waals surface area contributed by atoms with E-state index in [0.29, 0.717) is 12.1 Å². The second-order valence-corrected chi connectivity index (χ2v) is 5.13. The molecule has 0 heterocycles. The summed E-state index contributed by atoms with van der Waals surface area (Å²) in [6.45, 7) is 0.348. The molecule has 0 saturated heterocycles. The number of nitrogens with one attached hydrogen (secondary N) is 2. The van der Waals surface area contributed by atoms with Crippen LogP contribution in [0.15, 0.2) is 54.7 Å². The molecule has 2 aromatic carbocycles. The van der Waals surface area contributed by atoms with Crippen molar-refractivity contribution in [1.82, 2.24) is 10.6 Å². The molecule has 0 fully saturated rings. The fraction of sp³-hybridized carbons (Fsp3) is 0.158. The molecule has 0 radical (unpaired) electrons. The van der Waals surface area contributed by atoms with E-state index in [9.17, 15) is 9.59 Å². The molecule has 2 amide bonds. The zero-order chi connectivity index (χ0) is 18.1. The molecule has 6 nitrogen and oxygen atoms in total. The van der Waals surface area contributed by atoms with Crippen molar-refractivity contribution in [2.24, 2.45) is 0 Å². The number of amides is 2. The van der Waals surface area contributed by atoms with Gasteiger partial charge in [-0.05, 0) is 41.5 Å². The van der Waals surface area contributed by atoms with E-state index in [1.807, 2.05) is 24.3 Å². The Balaban J connectivity index is 1.80. The van der Waals surface area contributed by atoms with Gasteiger partial charge in [-0.3, -0.25) is 0 Å². The van der Waals surface area contributed by atoms with Crippen LogP contribution < -0.4 is 15.4 Å². The van der Waals surface area contributed by atoms with Crippen molar-refractivity contribution in [3.8, 4) is 5.75 Å². The number of hydrogen-bond acceptors (Lipinski definition) is 4. The van der Waals surface area contributed by atoms with Gasteiger partial charge in [-0.15, -0.1) is 0 Å². The van der Waals surface area contributed by atoms with Crippen LogP contribution in [-0.4, -0.2) is 26.2 Å². The molecule has 2 rings (SSSR count). The number of ether oxygens (including phenoxy) is 2. The molecule has 0 unspecified atom stereocenters. The Morgan fingerprint density at radius 1 is 1.08 bits per heavy atom.